The molecule has 0 bridgehead atoms. The van der Waals surface area contributed by atoms with E-state index in [4.69, 9.17) is 16.9 Å². The molecule has 2 aromatic rings. The Balaban J connectivity index is 1.66. The first-order valence-electron chi connectivity index (χ1n) is 7.31. The van der Waals surface area contributed by atoms with Crippen molar-refractivity contribution in [1.82, 2.24) is 9.88 Å². The van der Waals surface area contributed by atoms with E-state index in [-0.39, 0.29) is 0 Å². The van der Waals surface area contributed by atoms with E-state index in [1.54, 1.807) is 12.3 Å². The van der Waals surface area contributed by atoms with Crippen LogP contribution in [-0.4, -0.2) is 36.1 Å². The Hall–Kier alpha value is -1.61. The monoisotopic (exact) mass is 332 g/mol. The van der Waals surface area contributed by atoms with Gasteiger partial charge >= 0.3 is 0 Å². The van der Waals surface area contributed by atoms with Gasteiger partial charge in [0.1, 0.15) is 11.9 Å². The molecule has 3 heterocycles. The van der Waals surface area contributed by atoms with Gasteiger partial charge in [-0.05, 0) is 23.9 Å². The molecule has 0 amide bonds. The molecule has 6 heteroatoms. The van der Waals surface area contributed by atoms with Gasteiger partial charge in [0, 0.05) is 43.8 Å². The fourth-order valence-electron chi connectivity index (χ4n) is 2.69. The molecule has 22 heavy (non-hydrogen) atoms. The maximum absolute atomic E-state index is 8.90. The SMILES string of the molecule is N#Cc1cnc(N2CCCN(Cc3cccs3)CC2)c(Cl)c1. The van der Waals surface area contributed by atoms with E-state index in [1.807, 2.05) is 11.3 Å². The van der Waals surface area contributed by atoms with E-state index >= 15 is 0 Å². The minimum atomic E-state index is 0.503. The summed E-state index contributed by atoms with van der Waals surface area (Å²) in [5, 5.41) is 11.6. The summed E-state index contributed by atoms with van der Waals surface area (Å²) in [5.41, 5.74) is 0.503. The van der Waals surface area contributed by atoms with Gasteiger partial charge in [0.2, 0.25) is 0 Å². The number of nitriles is 1. The molecule has 2 aromatic heterocycles. The van der Waals surface area contributed by atoms with Gasteiger partial charge in [0.25, 0.3) is 0 Å². The minimum Gasteiger partial charge on any atom is -0.354 e. The summed E-state index contributed by atoms with van der Waals surface area (Å²) in [6, 6.07) is 8.05. The number of aromatic nitrogens is 1. The number of anilines is 1. The molecule has 4 nitrogen and oxygen atoms in total. The highest BCUT2D eigenvalue weighted by Gasteiger charge is 2.18. The maximum atomic E-state index is 8.90. The van der Waals surface area contributed by atoms with E-state index in [2.05, 4.69) is 38.4 Å². The van der Waals surface area contributed by atoms with Crippen molar-refractivity contribution in [1.29, 1.82) is 5.26 Å². The minimum absolute atomic E-state index is 0.503. The highest BCUT2D eigenvalue weighted by atomic mass is 35.5. The molecule has 3 rings (SSSR count). The highest BCUT2D eigenvalue weighted by molar-refractivity contribution is 7.09. The van der Waals surface area contributed by atoms with E-state index < -0.39 is 0 Å². The Morgan fingerprint density at radius 1 is 1.32 bits per heavy atom. The third kappa shape index (κ3) is 3.58. The molecule has 0 N–H and O–H groups in total. The molecule has 0 aromatic carbocycles. The third-order valence-electron chi connectivity index (χ3n) is 3.80. The highest BCUT2D eigenvalue weighted by Crippen LogP contribution is 2.25. The van der Waals surface area contributed by atoms with Crippen LogP contribution in [0.25, 0.3) is 0 Å². The van der Waals surface area contributed by atoms with Crippen molar-refractivity contribution >= 4 is 28.8 Å². The second-order valence-electron chi connectivity index (χ2n) is 5.34. The predicted molar refractivity (Wildman–Crippen MR) is 90.4 cm³/mol. The molecule has 0 aliphatic carbocycles. The molecular formula is C16H17ClN4S. The molecule has 1 aliphatic heterocycles. The number of rotatable bonds is 3. The van der Waals surface area contributed by atoms with Crippen molar-refractivity contribution in [2.75, 3.05) is 31.1 Å². The van der Waals surface area contributed by atoms with Crippen LogP contribution < -0.4 is 4.90 Å². The lowest BCUT2D eigenvalue weighted by Crippen LogP contribution is -2.31. The van der Waals surface area contributed by atoms with Crippen LogP contribution >= 0.6 is 22.9 Å². The number of hydrogen-bond acceptors (Lipinski definition) is 5. The van der Waals surface area contributed by atoms with E-state index in [9.17, 15) is 0 Å². The lowest BCUT2D eigenvalue weighted by molar-refractivity contribution is 0.288. The number of nitrogens with zero attached hydrogens (tertiary/aromatic N) is 4. The van der Waals surface area contributed by atoms with Gasteiger partial charge in [0.15, 0.2) is 0 Å². The van der Waals surface area contributed by atoms with Crippen LogP contribution in [0.2, 0.25) is 5.02 Å². The number of halogens is 1. The molecule has 1 aliphatic rings. The Labute approximate surface area is 139 Å². The molecule has 0 saturated carbocycles. The lowest BCUT2D eigenvalue weighted by atomic mass is 10.3. The Morgan fingerprint density at radius 3 is 2.95 bits per heavy atom. The van der Waals surface area contributed by atoms with Crippen molar-refractivity contribution in [3.63, 3.8) is 0 Å². The van der Waals surface area contributed by atoms with Crippen LogP contribution in [0.5, 0.6) is 0 Å². The largest absolute Gasteiger partial charge is 0.354 e. The van der Waals surface area contributed by atoms with Gasteiger partial charge in [-0.1, -0.05) is 17.7 Å². The first kappa shape index (κ1) is 15.3. The van der Waals surface area contributed by atoms with E-state index in [0.717, 1.165) is 45.0 Å². The van der Waals surface area contributed by atoms with Crippen LogP contribution in [0.1, 0.15) is 16.9 Å². The first-order chi connectivity index (χ1) is 10.8. The first-order valence-corrected chi connectivity index (χ1v) is 8.57. The molecule has 0 atom stereocenters. The normalized spacial score (nSPS) is 16.3. The number of hydrogen-bond donors (Lipinski definition) is 0. The summed E-state index contributed by atoms with van der Waals surface area (Å²) in [7, 11) is 0. The smallest absolute Gasteiger partial charge is 0.147 e. The van der Waals surface area contributed by atoms with Crippen molar-refractivity contribution in [3.05, 3.63) is 45.2 Å². The van der Waals surface area contributed by atoms with Crippen LogP contribution in [-0.2, 0) is 6.54 Å². The van der Waals surface area contributed by atoms with Gasteiger partial charge in [-0.25, -0.2) is 4.98 Å². The Morgan fingerprint density at radius 2 is 2.23 bits per heavy atom. The zero-order valence-corrected chi connectivity index (χ0v) is 13.8. The second kappa shape index (κ2) is 7.10. The molecule has 0 spiro atoms. The summed E-state index contributed by atoms with van der Waals surface area (Å²) >= 11 is 8.09. The fraction of sp³-hybridized carbons (Fsp3) is 0.375. The molecule has 1 fully saturated rings. The average Bonchev–Trinajstić information content (AvgIpc) is 2.93. The van der Waals surface area contributed by atoms with Crippen molar-refractivity contribution in [2.24, 2.45) is 0 Å². The fourth-order valence-corrected chi connectivity index (χ4v) is 3.72. The zero-order chi connectivity index (χ0) is 15.4. The summed E-state index contributed by atoms with van der Waals surface area (Å²) in [6.07, 6.45) is 2.68. The van der Waals surface area contributed by atoms with Crippen molar-refractivity contribution < 1.29 is 0 Å². The maximum Gasteiger partial charge on any atom is 0.147 e. The third-order valence-corrected chi connectivity index (χ3v) is 4.94. The molecular weight excluding hydrogens is 316 g/mol. The summed E-state index contributed by atoms with van der Waals surface area (Å²) in [4.78, 5) is 10.5. The topological polar surface area (TPSA) is 43.2 Å². The van der Waals surface area contributed by atoms with Crippen molar-refractivity contribution in [3.8, 4) is 6.07 Å². The second-order valence-corrected chi connectivity index (χ2v) is 6.78. The summed E-state index contributed by atoms with van der Waals surface area (Å²) in [5.74, 6) is 0.790. The molecule has 114 valence electrons. The Bertz CT molecular complexity index is 665. The Kier molecular flexibility index (Phi) is 4.94. The van der Waals surface area contributed by atoms with E-state index in [1.165, 1.54) is 4.88 Å². The quantitative estimate of drug-likeness (QED) is 0.864. The molecule has 0 unspecified atom stereocenters. The number of pyridine rings is 1. The number of thiophene rings is 1. The van der Waals surface area contributed by atoms with Crippen LogP contribution in [0.3, 0.4) is 0 Å². The standard InChI is InChI=1S/C16H17ClN4S/c17-15-9-13(10-18)11-19-16(15)21-5-2-4-20(6-7-21)12-14-3-1-8-22-14/h1,3,8-9,11H,2,4-7,12H2. The van der Waals surface area contributed by atoms with Gasteiger partial charge in [-0.3, -0.25) is 4.90 Å². The summed E-state index contributed by atoms with van der Waals surface area (Å²) in [6.45, 7) is 4.95. The van der Waals surface area contributed by atoms with Crippen LogP contribution in [0.15, 0.2) is 29.8 Å². The van der Waals surface area contributed by atoms with Gasteiger partial charge in [-0.15, -0.1) is 11.3 Å². The van der Waals surface area contributed by atoms with Crippen molar-refractivity contribution in [2.45, 2.75) is 13.0 Å². The zero-order valence-electron chi connectivity index (χ0n) is 12.2. The van der Waals surface area contributed by atoms with Crippen LogP contribution in [0.4, 0.5) is 5.82 Å². The average molecular weight is 333 g/mol. The summed E-state index contributed by atoms with van der Waals surface area (Å²) < 4.78 is 0. The predicted octanol–water partition coefficient (Wildman–Crippen LogP) is 3.38. The van der Waals surface area contributed by atoms with Gasteiger partial charge < -0.3 is 4.90 Å². The van der Waals surface area contributed by atoms with Crippen LogP contribution in [0, 0.1) is 11.3 Å². The molecule has 0 radical (unpaired) electrons. The molecule has 1 saturated heterocycles. The van der Waals surface area contributed by atoms with E-state index in [0.29, 0.717) is 10.6 Å². The lowest BCUT2D eigenvalue weighted by Gasteiger charge is -2.23. The van der Waals surface area contributed by atoms with Gasteiger partial charge in [0.05, 0.1) is 10.6 Å². The van der Waals surface area contributed by atoms with Gasteiger partial charge in [-0.2, -0.15) is 5.26 Å².